The number of hydrogen-bond acceptors (Lipinski definition) is 4. The number of carbonyl (C=O) groups is 1. The van der Waals surface area contributed by atoms with Crippen molar-refractivity contribution in [1.82, 2.24) is 14.6 Å². The average molecular weight is 344 g/mol. The average Bonchev–Trinajstić information content (AvgIpc) is 3.39. The maximum Gasteiger partial charge on any atom is 0.174 e. The van der Waals surface area contributed by atoms with Crippen molar-refractivity contribution in [3.63, 3.8) is 0 Å². The van der Waals surface area contributed by atoms with E-state index >= 15 is 0 Å². The Bertz CT molecular complexity index is 1070. The Morgan fingerprint density at radius 3 is 2.73 bits per heavy atom. The Balaban J connectivity index is 2.05. The summed E-state index contributed by atoms with van der Waals surface area (Å²) in [6.45, 7) is 6.23. The summed E-state index contributed by atoms with van der Waals surface area (Å²) in [6.07, 6.45) is 4.74. The number of nitriles is 1. The zero-order chi connectivity index (χ0) is 18.4. The first kappa shape index (κ1) is 16.5. The maximum absolute atomic E-state index is 11.9. The summed E-state index contributed by atoms with van der Waals surface area (Å²) < 4.78 is 1.49. The number of aryl methyl sites for hydroxylation is 1. The minimum atomic E-state index is 0.0995. The van der Waals surface area contributed by atoms with E-state index in [2.05, 4.69) is 36.3 Å². The molecule has 1 fully saturated rings. The van der Waals surface area contributed by atoms with Gasteiger partial charge < -0.3 is 0 Å². The first-order chi connectivity index (χ1) is 12.5. The first-order valence-corrected chi connectivity index (χ1v) is 8.93. The summed E-state index contributed by atoms with van der Waals surface area (Å²) in [5.41, 5.74) is 6.56. The van der Waals surface area contributed by atoms with Gasteiger partial charge in [-0.15, -0.1) is 0 Å². The fourth-order valence-electron chi connectivity index (χ4n) is 3.63. The number of benzene rings is 1. The van der Waals surface area contributed by atoms with Crippen molar-refractivity contribution in [3.8, 4) is 17.3 Å². The van der Waals surface area contributed by atoms with E-state index in [4.69, 9.17) is 4.98 Å². The van der Waals surface area contributed by atoms with Crippen molar-refractivity contribution in [2.45, 2.75) is 45.4 Å². The van der Waals surface area contributed by atoms with Crippen LogP contribution in [0.4, 0.5) is 0 Å². The van der Waals surface area contributed by atoms with E-state index in [0.717, 1.165) is 23.1 Å². The summed E-state index contributed by atoms with van der Waals surface area (Å²) in [7, 11) is 0. The smallest absolute Gasteiger partial charge is 0.174 e. The number of rotatable bonds is 4. The molecular formula is C21H20N4O. The van der Waals surface area contributed by atoms with Crippen molar-refractivity contribution < 1.29 is 4.79 Å². The predicted molar refractivity (Wildman–Crippen MR) is 99.3 cm³/mol. The molecule has 0 aliphatic heterocycles. The van der Waals surface area contributed by atoms with Crippen molar-refractivity contribution in [2.75, 3.05) is 0 Å². The minimum Gasteiger partial charge on any atom is -0.296 e. The Morgan fingerprint density at radius 1 is 1.35 bits per heavy atom. The van der Waals surface area contributed by atoms with Crippen molar-refractivity contribution >= 4 is 11.9 Å². The fraction of sp³-hybridized carbons (Fsp3) is 0.333. The summed E-state index contributed by atoms with van der Waals surface area (Å²) in [6, 6.07) is 8.50. The van der Waals surface area contributed by atoms with Crippen LogP contribution >= 0.6 is 0 Å². The van der Waals surface area contributed by atoms with Gasteiger partial charge in [0.2, 0.25) is 0 Å². The van der Waals surface area contributed by atoms with Gasteiger partial charge in [-0.1, -0.05) is 26.0 Å². The van der Waals surface area contributed by atoms with Crippen molar-refractivity contribution in [2.24, 2.45) is 0 Å². The van der Waals surface area contributed by atoms with Gasteiger partial charge in [0.15, 0.2) is 11.9 Å². The highest BCUT2D eigenvalue weighted by molar-refractivity contribution is 5.83. The second-order valence-electron chi connectivity index (χ2n) is 7.28. The van der Waals surface area contributed by atoms with Crippen LogP contribution in [0, 0.1) is 18.3 Å². The molecule has 5 nitrogen and oxygen atoms in total. The number of aldehydes is 1. The van der Waals surface area contributed by atoms with Gasteiger partial charge in [-0.3, -0.25) is 4.79 Å². The molecule has 4 rings (SSSR count). The SMILES string of the molecule is Cc1ccc(-c2nc3c(C#N)cnn3c(C=O)c2C(C)C)cc1C1CC1. The molecule has 3 aromatic rings. The van der Waals surface area contributed by atoms with E-state index in [1.54, 1.807) is 0 Å². The molecule has 0 N–H and O–H groups in total. The number of hydrogen-bond donors (Lipinski definition) is 0. The molecule has 0 radical (unpaired) electrons. The highest BCUT2D eigenvalue weighted by atomic mass is 16.1. The Morgan fingerprint density at radius 2 is 2.12 bits per heavy atom. The van der Waals surface area contributed by atoms with Gasteiger partial charge in [-0.2, -0.15) is 10.4 Å². The van der Waals surface area contributed by atoms with Gasteiger partial charge in [-0.05, 0) is 48.8 Å². The van der Waals surface area contributed by atoms with E-state index in [1.807, 2.05) is 13.8 Å². The molecule has 0 saturated heterocycles. The lowest BCUT2D eigenvalue weighted by atomic mass is 9.92. The molecule has 1 aliphatic rings. The largest absolute Gasteiger partial charge is 0.296 e. The first-order valence-electron chi connectivity index (χ1n) is 8.93. The third kappa shape index (κ3) is 2.50. The van der Waals surface area contributed by atoms with Gasteiger partial charge in [0.05, 0.1) is 11.9 Å². The van der Waals surface area contributed by atoms with Gasteiger partial charge in [-0.25, -0.2) is 9.50 Å². The molecule has 2 aromatic heterocycles. The van der Waals surface area contributed by atoms with Crippen molar-refractivity contribution in [3.05, 3.63) is 52.3 Å². The molecule has 26 heavy (non-hydrogen) atoms. The predicted octanol–water partition coefficient (Wildman–Crippen LogP) is 4.39. The lowest BCUT2D eigenvalue weighted by Crippen LogP contribution is -2.10. The lowest BCUT2D eigenvalue weighted by molar-refractivity contribution is 0.111. The van der Waals surface area contributed by atoms with Gasteiger partial charge in [0.25, 0.3) is 0 Å². The normalized spacial score (nSPS) is 14.0. The van der Waals surface area contributed by atoms with Crippen LogP contribution in [0.2, 0.25) is 0 Å². The standard InChI is InChI=1S/C21H20N4O/c1-12(2)19-18(11-26)25-21(16(9-22)10-23-25)24-20(19)15-5-4-13(3)17(8-15)14-6-7-14/h4-5,8,10-12,14H,6-7H2,1-3H3. The second-order valence-corrected chi connectivity index (χ2v) is 7.28. The topological polar surface area (TPSA) is 71.1 Å². The second kappa shape index (κ2) is 6.06. The lowest BCUT2D eigenvalue weighted by Gasteiger charge is -2.17. The fourth-order valence-corrected chi connectivity index (χ4v) is 3.63. The number of nitrogens with zero attached hydrogens (tertiary/aromatic N) is 4. The summed E-state index contributed by atoms with van der Waals surface area (Å²) >= 11 is 0. The highest BCUT2D eigenvalue weighted by Crippen LogP contribution is 2.43. The molecule has 130 valence electrons. The van der Waals surface area contributed by atoms with Crippen LogP contribution in [0.25, 0.3) is 16.9 Å². The molecule has 0 atom stereocenters. The molecular weight excluding hydrogens is 324 g/mol. The summed E-state index contributed by atoms with van der Waals surface area (Å²) in [5, 5.41) is 13.6. The molecule has 0 amide bonds. The van der Waals surface area contributed by atoms with Crippen molar-refractivity contribution in [1.29, 1.82) is 5.26 Å². The quantitative estimate of drug-likeness (QED) is 0.658. The van der Waals surface area contributed by atoms with E-state index in [-0.39, 0.29) is 5.92 Å². The minimum absolute atomic E-state index is 0.0995. The van der Waals surface area contributed by atoms with Crippen LogP contribution in [0.15, 0.2) is 24.4 Å². The zero-order valence-corrected chi connectivity index (χ0v) is 15.2. The summed E-state index contributed by atoms with van der Waals surface area (Å²) in [5.74, 6) is 0.735. The molecule has 0 unspecified atom stereocenters. The summed E-state index contributed by atoms with van der Waals surface area (Å²) in [4.78, 5) is 16.7. The molecule has 0 spiro atoms. The van der Waals surface area contributed by atoms with Crippen LogP contribution in [-0.4, -0.2) is 20.9 Å². The monoisotopic (exact) mass is 344 g/mol. The Labute approximate surface area is 152 Å². The molecule has 1 aliphatic carbocycles. The number of fused-ring (bicyclic) bond motifs is 1. The number of aromatic nitrogens is 3. The van der Waals surface area contributed by atoms with Crippen LogP contribution in [0.5, 0.6) is 0 Å². The van der Waals surface area contributed by atoms with Crippen LogP contribution in [-0.2, 0) is 0 Å². The molecule has 2 heterocycles. The van der Waals surface area contributed by atoms with Gasteiger partial charge in [0.1, 0.15) is 17.3 Å². The number of carbonyl (C=O) groups excluding carboxylic acids is 1. The van der Waals surface area contributed by atoms with Gasteiger partial charge >= 0.3 is 0 Å². The Kier molecular flexibility index (Phi) is 3.84. The van der Waals surface area contributed by atoms with E-state index in [9.17, 15) is 10.1 Å². The highest BCUT2D eigenvalue weighted by Gasteiger charge is 2.27. The van der Waals surface area contributed by atoms with Crippen LogP contribution in [0.1, 0.15) is 71.3 Å². The van der Waals surface area contributed by atoms with E-state index < -0.39 is 0 Å². The Hall–Kier alpha value is -3.00. The zero-order valence-electron chi connectivity index (χ0n) is 15.2. The van der Waals surface area contributed by atoms with Crippen LogP contribution < -0.4 is 0 Å². The molecule has 5 heteroatoms. The van der Waals surface area contributed by atoms with E-state index in [1.165, 1.54) is 34.7 Å². The third-order valence-electron chi connectivity index (χ3n) is 5.10. The maximum atomic E-state index is 11.9. The molecule has 1 aromatic carbocycles. The van der Waals surface area contributed by atoms with E-state index in [0.29, 0.717) is 22.8 Å². The van der Waals surface area contributed by atoms with Gasteiger partial charge in [0, 0.05) is 11.1 Å². The molecule has 1 saturated carbocycles. The third-order valence-corrected chi connectivity index (χ3v) is 5.10. The molecule has 0 bridgehead atoms. The van der Waals surface area contributed by atoms with Crippen LogP contribution in [0.3, 0.4) is 0 Å².